The van der Waals surface area contributed by atoms with E-state index in [-0.39, 0.29) is 18.9 Å². The van der Waals surface area contributed by atoms with Crippen molar-refractivity contribution in [3.05, 3.63) is 89.7 Å². The topological polar surface area (TPSA) is 84.9 Å². The smallest absolute Gasteiger partial charge is 0.263 e. The van der Waals surface area contributed by atoms with Gasteiger partial charge in [-0.3, -0.25) is 9.10 Å². The molecule has 7 nitrogen and oxygen atoms in total. The lowest BCUT2D eigenvalue weighted by atomic mass is 10.2. The molecule has 33 heavy (non-hydrogen) atoms. The number of hydrogen-bond donors (Lipinski definition) is 1. The van der Waals surface area contributed by atoms with E-state index in [9.17, 15) is 17.6 Å². The first-order chi connectivity index (χ1) is 15.8. The predicted molar refractivity (Wildman–Crippen MR) is 122 cm³/mol. The van der Waals surface area contributed by atoms with Crippen molar-refractivity contribution in [2.75, 3.05) is 17.1 Å². The Bertz CT molecular complexity index is 1230. The van der Waals surface area contributed by atoms with Crippen LogP contribution in [0.1, 0.15) is 11.1 Å². The number of para-hydroxylation sites is 2. The molecule has 0 aromatic heterocycles. The molecule has 0 bridgehead atoms. The van der Waals surface area contributed by atoms with Crippen LogP contribution < -0.4 is 19.1 Å². The third kappa shape index (κ3) is 5.61. The second-order valence-electron chi connectivity index (χ2n) is 7.65. The van der Waals surface area contributed by atoms with Gasteiger partial charge < -0.3 is 14.8 Å². The van der Waals surface area contributed by atoms with Crippen LogP contribution in [0.5, 0.6) is 11.5 Å². The Morgan fingerprint density at radius 1 is 1.06 bits per heavy atom. The molecule has 9 heteroatoms. The number of carbonyl (C=O) groups excluding carboxylic acids is 1. The Morgan fingerprint density at radius 3 is 2.42 bits per heavy atom. The van der Waals surface area contributed by atoms with Crippen molar-refractivity contribution in [1.29, 1.82) is 0 Å². The van der Waals surface area contributed by atoms with E-state index in [0.29, 0.717) is 23.8 Å². The number of sulfonamides is 1. The van der Waals surface area contributed by atoms with Gasteiger partial charge in [-0.1, -0.05) is 36.4 Å². The largest absolute Gasteiger partial charge is 0.489 e. The maximum absolute atomic E-state index is 13.0. The van der Waals surface area contributed by atoms with Gasteiger partial charge in [0.2, 0.25) is 10.0 Å². The second kappa shape index (κ2) is 9.50. The number of nitrogens with zero attached hydrogens (tertiary/aromatic N) is 1. The standard InChI is InChI=1S/C24H23FN2O5S/c1-33(29,30)27-15-23(32-22-5-3-2-4-21(22)27)24(28)26-14-17-8-12-20(13-9-17)31-16-18-6-10-19(25)11-7-18/h2-13,23H,14-16H2,1H3,(H,26,28). The zero-order valence-electron chi connectivity index (χ0n) is 17.9. The third-order valence-corrected chi connectivity index (χ3v) is 6.28. The Morgan fingerprint density at radius 2 is 1.73 bits per heavy atom. The second-order valence-corrected chi connectivity index (χ2v) is 9.55. The van der Waals surface area contributed by atoms with Crippen molar-refractivity contribution in [3.63, 3.8) is 0 Å². The first-order valence-electron chi connectivity index (χ1n) is 10.3. The minimum atomic E-state index is -3.56. The average Bonchev–Trinajstić information content (AvgIpc) is 2.81. The zero-order chi connectivity index (χ0) is 23.4. The summed E-state index contributed by atoms with van der Waals surface area (Å²) in [5, 5.41) is 2.79. The van der Waals surface area contributed by atoms with Gasteiger partial charge in [-0.2, -0.15) is 0 Å². The molecule has 1 aliphatic rings. The minimum absolute atomic E-state index is 0.0994. The van der Waals surface area contributed by atoms with Crippen molar-refractivity contribution < 1.29 is 27.1 Å². The highest BCUT2D eigenvalue weighted by atomic mass is 32.2. The molecule has 1 N–H and O–H groups in total. The molecule has 1 unspecified atom stereocenters. The normalized spacial score (nSPS) is 15.3. The molecule has 0 saturated heterocycles. The van der Waals surface area contributed by atoms with E-state index in [1.807, 2.05) is 12.1 Å². The lowest BCUT2D eigenvalue weighted by molar-refractivity contribution is -0.127. The van der Waals surface area contributed by atoms with E-state index < -0.39 is 22.0 Å². The summed E-state index contributed by atoms with van der Waals surface area (Å²) in [5.74, 6) is 0.286. The van der Waals surface area contributed by atoms with Crippen LogP contribution in [0, 0.1) is 5.82 Å². The van der Waals surface area contributed by atoms with Gasteiger partial charge >= 0.3 is 0 Å². The van der Waals surface area contributed by atoms with Gasteiger partial charge in [0, 0.05) is 6.54 Å². The Balaban J connectivity index is 1.33. The summed E-state index contributed by atoms with van der Waals surface area (Å²) >= 11 is 0. The van der Waals surface area contributed by atoms with Crippen molar-refractivity contribution in [2.45, 2.75) is 19.3 Å². The van der Waals surface area contributed by atoms with E-state index in [1.165, 1.54) is 16.4 Å². The van der Waals surface area contributed by atoms with Gasteiger partial charge in [-0.15, -0.1) is 0 Å². The highest BCUT2D eigenvalue weighted by molar-refractivity contribution is 7.92. The van der Waals surface area contributed by atoms with Gasteiger partial charge in [0.1, 0.15) is 23.9 Å². The van der Waals surface area contributed by atoms with Crippen LogP contribution in [0.2, 0.25) is 0 Å². The highest BCUT2D eigenvalue weighted by Gasteiger charge is 2.34. The molecule has 0 radical (unpaired) electrons. The summed E-state index contributed by atoms with van der Waals surface area (Å²) in [6.45, 7) is 0.461. The van der Waals surface area contributed by atoms with Crippen LogP contribution >= 0.6 is 0 Å². The monoisotopic (exact) mass is 470 g/mol. The molecule has 0 spiro atoms. The number of fused-ring (bicyclic) bond motifs is 1. The van der Waals surface area contributed by atoms with Gasteiger partial charge in [0.25, 0.3) is 5.91 Å². The summed E-state index contributed by atoms with van der Waals surface area (Å²) in [6.07, 6.45) is 0.136. The highest BCUT2D eigenvalue weighted by Crippen LogP contribution is 2.34. The van der Waals surface area contributed by atoms with Crippen LogP contribution in [0.25, 0.3) is 0 Å². The number of carbonyl (C=O) groups is 1. The SMILES string of the molecule is CS(=O)(=O)N1CC(C(=O)NCc2ccc(OCc3ccc(F)cc3)cc2)Oc2ccccc21. The van der Waals surface area contributed by atoms with Gasteiger partial charge in [-0.25, -0.2) is 12.8 Å². The number of rotatable bonds is 7. The summed E-state index contributed by atoms with van der Waals surface area (Å²) in [7, 11) is -3.56. The maximum Gasteiger partial charge on any atom is 0.263 e. The lowest BCUT2D eigenvalue weighted by Crippen LogP contribution is -2.50. The predicted octanol–water partition coefficient (Wildman–Crippen LogP) is 3.25. The quantitative estimate of drug-likeness (QED) is 0.573. The van der Waals surface area contributed by atoms with E-state index in [1.54, 1.807) is 48.5 Å². The fourth-order valence-corrected chi connectivity index (χ4v) is 4.32. The van der Waals surface area contributed by atoms with Crippen LogP contribution in [0.15, 0.2) is 72.8 Å². The lowest BCUT2D eigenvalue weighted by Gasteiger charge is -2.33. The fraction of sp³-hybridized carbons (Fsp3) is 0.208. The minimum Gasteiger partial charge on any atom is -0.489 e. The molecule has 0 fully saturated rings. The van der Waals surface area contributed by atoms with Gasteiger partial charge in [0.05, 0.1) is 18.5 Å². The summed E-state index contributed by atoms with van der Waals surface area (Å²) in [6, 6.07) is 20.0. The molecular formula is C24H23FN2O5S. The van der Waals surface area contributed by atoms with Crippen LogP contribution in [-0.2, 0) is 28.0 Å². The Hall–Kier alpha value is -3.59. The van der Waals surface area contributed by atoms with Gasteiger partial charge in [-0.05, 0) is 47.5 Å². The molecule has 0 saturated carbocycles. The van der Waals surface area contributed by atoms with E-state index in [0.717, 1.165) is 17.4 Å². The Kier molecular flexibility index (Phi) is 6.50. The number of halogens is 1. The van der Waals surface area contributed by atoms with Crippen LogP contribution in [-0.4, -0.2) is 33.2 Å². The zero-order valence-corrected chi connectivity index (χ0v) is 18.7. The fourth-order valence-electron chi connectivity index (χ4n) is 3.41. The molecule has 0 aliphatic carbocycles. The molecule has 1 heterocycles. The van der Waals surface area contributed by atoms with E-state index in [4.69, 9.17) is 9.47 Å². The maximum atomic E-state index is 13.0. The molecular weight excluding hydrogens is 447 g/mol. The number of ether oxygens (including phenoxy) is 2. The molecule has 1 amide bonds. The van der Waals surface area contributed by atoms with Crippen molar-refractivity contribution in [2.24, 2.45) is 0 Å². The number of hydrogen-bond acceptors (Lipinski definition) is 5. The molecule has 4 rings (SSSR count). The summed E-state index contributed by atoms with van der Waals surface area (Å²) in [4.78, 5) is 12.7. The van der Waals surface area contributed by atoms with E-state index in [2.05, 4.69) is 5.32 Å². The number of amides is 1. The average molecular weight is 471 g/mol. The van der Waals surface area contributed by atoms with Gasteiger partial charge in [0.15, 0.2) is 6.10 Å². The van der Waals surface area contributed by atoms with Crippen LogP contribution in [0.3, 0.4) is 0 Å². The third-order valence-electron chi connectivity index (χ3n) is 5.14. The summed E-state index contributed by atoms with van der Waals surface area (Å²) in [5.41, 5.74) is 2.11. The first kappa shape index (κ1) is 22.6. The number of anilines is 1. The molecule has 3 aromatic carbocycles. The first-order valence-corrected chi connectivity index (χ1v) is 12.1. The number of nitrogens with one attached hydrogen (secondary N) is 1. The number of benzene rings is 3. The van der Waals surface area contributed by atoms with E-state index >= 15 is 0 Å². The molecule has 1 aliphatic heterocycles. The summed E-state index contributed by atoms with van der Waals surface area (Å²) < 4.78 is 50.0. The van der Waals surface area contributed by atoms with Crippen molar-refractivity contribution >= 4 is 21.6 Å². The van der Waals surface area contributed by atoms with Crippen molar-refractivity contribution in [3.8, 4) is 11.5 Å². The molecule has 3 aromatic rings. The van der Waals surface area contributed by atoms with Crippen LogP contribution in [0.4, 0.5) is 10.1 Å². The van der Waals surface area contributed by atoms with Crippen molar-refractivity contribution in [1.82, 2.24) is 5.32 Å². The molecule has 172 valence electrons. The Labute approximate surface area is 191 Å². The molecule has 1 atom stereocenters.